The molecule has 2 rings (SSSR count). The zero-order valence-corrected chi connectivity index (χ0v) is 6.73. The third-order valence-electron chi connectivity index (χ3n) is 1.86. The van der Waals surface area contributed by atoms with Gasteiger partial charge in [-0.3, -0.25) is 10.1 Å². The molecule has 0 saturated heterocycles. The Labute approximate surface area is 74.0 Å². The van der Waals surface area contributed by atoms with Gasteiger partial charge >= 0.3 is 0 Å². The quantitative estimate of drug-likeness (QED) is 0.487. The average molecular weight is 175 g/mol. The molecular weight excluding hydrogens is 168 g/mol. The Hall–Kier alpha value is -1.97. The molecule has 1 aromatic heterocycles. The number of nitro groups is 1. The van der Waals surface area contributed by atoms with Crippen molar-refractivity contribution in [3.05, 3.63) is 46.6 Å². The van der Waals surface area contributed by atoms with Crippen molar-refractivity contribution in [2.24, 2.45) is 0 Å². The van der Waals surface area contributed by atoms with Crippen molar-refractivity contribution in [3.8, 4) is 0 Å². The molecule has 2 aromatic rings. The molecule has 0 atom stereocenters. The molecule has 1 aromatic carbocycles. The number of benzene rings is 1. The summed E-state index contributed by atoms with van der Waals surface area (Å²) in [6.07, 6.45) is 1.79. The minimum Gasteiger partial charge on any atom is -0.258 e. The van der Waals surface area contributed by atoms with Crippen LogP contribution in [0.25, 0.3) is 10.9 Å². The smallest absolute Gasteiger partial charge is 0.258 e. The Bertz CT molecular complexity index is 468. The number of nitro benzene ring substituents is 1. The molecule has 0 saturated carbocycles. The molecule has 0 aliphatic carbocycles. The predicted molar refractivity (Wildman–Crippen MR) is 47.2 cm³/mol. The van der Waals surface area contributed by atoms with Gasteiger partial charge in [-0.05, 0) is 6.07 Å². The molecule has 64 valence electrons. The van der Waals surface area contributed by atoms with Gasteiger partial charge in [-0.25, -0.2) is 4.98 Å². The molecule has 1 heterocycles. The number of nitrogens with one attached hydrogen (secondary N) is 1. The van der Waals surface area contributed by atoms with Gasteiger partial charge in [0, 0.05) is 24.3 Å². The number of pyridine rings is 1. The number of hydrogen-bond donors (Lipinski definition) is 0. The summed E-state index contributed by atoms with van der Waals surface area (Å²) in [5.41, 5.74) is 1.01. The molecule has 0 aliphatic rings. The van der Waals surface area contributed by atoms with Crippen LogP contribution in [0, 0.1) is 10.1 Å². The molecule has 0 unspecified atom stereocenters. The zero-order valence-electron chi connectivity index (χ0n) is 6.73. The highest BCUT2D eigenvalue weighted by Crippen LogP contribution is 2.16. The summed E-state index contributed by atoms with van der Waals surface area (Å²) in [5, 5.41) is 11.3. The van der Waals surface area contributed by atoms with E-state index in [1.165, 1.54) is 6.07 Å². The van der Waals surface area contributed by atoms with E-state index >= 15 is 0 Å². The molecule has 0 aliphatic heterocycles. The molecule has 0 fully saturated rings. The van der Waals surface area contributed by atoms with E-state index in [4.69, 9.17) is 0 Å². The summed E-state index contributed by atoms with van der Waals surface area (Å²) in [6, 6.07) is 8.38. The van der Waals surface area contributed by atoms with E-state index in [1.807, 2.05) is 12.1 Å². The Morgan fingerprint density at radius 1 is 1.31 bits per heavy atom. The fraction of sp³-hybridized carbons (Fsp3) is 0. The topological polar surface area (TPSA) is 57.3 Å². The Kier molecular flexibility index (Phi) is 1.66. The lowest BCUT2D eigenvalue weighted by molar-refractivity contribution is -0.385. The summed E-state index contributed by atoms with van der Waals surface area (Å²) in [4.78, 5) is 13.0. The van der Waals surface area contributed by atoms with E-state index in [1.54, 1.807) is 18.3 Å². The van der Waals surface area contributed by atoms with E-state index in [9.17, 15) is 10.1 Å². The number of H-pyrrole nitrogens is 1. The number of non-ortho nitro benzene ring substituents is 1. The van der Waals surface area contributed by atoms with Gasteiger partial charge in [0.1, 0.15) is 0 Å². The normalized spacial score (nSPS) is 10.2. The van der Waals surface area contributed by atoms with Crippen molar-refractivity contribution in [3.63, 3.8) is 0 Å². The van der Waals surface area contributed by atoms with E-state index < -0.39 is 4.92 Å². The molecule has 0 radical (unpaired) electrons. The predicted octanol–water partition coefficient (Wildman–Crippen LogP) is 1.56. The van der Waals surface area contributed by atoms with Gasteiger partial charge in [0.2, 0.25) is 5.52 Å². The standard InChI is InChI=1S/C9H6N2O2/c12-11(13)8-3-4-9-7(6-8)2-1-5-10-9/h1-6H/p+1. The number of rotatable bonds is 1. The Morgan fingerprint density at radius 2 is 2.15 bits per heavy atom. The highest BCUT2D eigenvalue weighted by molar-refractivity contribution is 5.77. The minimum absolute atomic E-state index is 0.118. The fourth-order valence-electron chi connectivity index (χ4n) is 1.22. The van der Waals surface area contributed by atoms with Crippen LogP contribution < -0.4 is 4.98 Å². The van der Waals surface area contributed by atoms with Gasteiger partial charge in [0.15, 0.2) is 6.20 Å². The van der Waals surface area contributed by atoms with Crippen LogP contribution in [0.2, 0.25) is 0 Å². The van der Waals surface area contributed by atoms with Crippen molar-refractivity contribution < 1.29 is 9.91 Å². The number of hydrogen-bond acceptors (Lipinski definition) is 2. The number of aromatic amines is 1. The van der Waals surface area contributed by atoms with Gasteiger partial charge in [-0.1, -0.05) is 0 Å². The Balaban J connectivity index is 2.69. The summed E-state index contributed by atoms with van der Waals surface area (Å²) in [6.45, 7) is 0. The Morgan fingerprint density at radius 3 is 2.92 bits per heavy atom. The zero-order chi connectivity index (χ0) is 9.26. The second-order valence-corrected chi connectivity index (χ2v) is 2.70. The highest BCUT2D eigenvalue weighted by Gasteiger charge is 2.07. The molecule has 13 heavy (non-hydrogen) atoms. The van der Waals surface area contributed by atoms with Crippen LogP contribution in [0.4, 0.5) is 5.69 Å². The van der Waals surface area contributed by atoms with Crippen molar-refractivity contribution >= 4 is 16.6 Å². The second kappa shape index (κ2) is 2.82. The molecule has 0 bridgehead atoms. The van der Waals surface area contributed by atoms with E-state index in [0.29, 0.717) is 0 Å². The maximum absolute atomic E-state index is 10.4. The van der Waals surface area contributed by atoms with Crippen molar-refractivity contribution in [1.29, 1.82) is 0 Å². The summed E-state index contributed by atoms with van der Waals surface area (Å²) < 4.78 is 0. The lowest BCUT2D eigenvalue weighted by Gasteiger charge is -1.91. The minimum atomic E-state index is -0.396. The van der Waals surface area contributed by atoms with Gasteiger partial charge in [0.05, 0.1) is 10.3 Å². The van der Waals surface area contributed by atoms with Crippen LogP contribution >= 0.6 is 0 Å². The van der Waals surface area contributed by atoms with Gasteiger partial charge < -0.3 is 0 Å². The third kappa shape index (κ3) is 1.33. The molecular formula is C9H7N2O2+. The van der Waals surface area contributed by atoms with Crippen LogP contribution in [0.5, 0.6) is 0 Å². The first kappa shape index (κ1) is 7.67. The number of nitrogens with zero attached hydrogens (tertiary/aromatic N) is 1. The largest absolute Gasteiger partial charge is 0.270 e. The van der Waals surface area contributed by atoms with Crippen LogP contribution in [-0.2, 0) is 0 Å². The van der Waals surface area contributed by atoms with Crippen LogP contribution in [0.3, 0.4) is 0 Å². The molecule has 4 nitrogen and oxygen atoms in total. The van der Waals surface area contributed by atoms with E-state index in [0.717, 1.165) is 10.9 Å². The average Bonchev–Trinajstić information content (AvgIpc) is 2.17. The van der Waals surface area contributed by atoms with Crippen LogP contribution in [0.15, 0.2) is 36.5 Å². The van der Waals surface area contributed by atoms with E-state index in [2.05, 4.69) is 4.98 Å². The maximum Gasteiger partial charge on any atom is 0.270 e. The lowest BCUT2D eigenvalue weighted by Crippen LogP contribution is -2.01. The first-order valence-electron chi connectivity index (χ1n) is 3.82. The van der Waals surface area contributed by atoms with Crippen molar-refractivity contribution in [2.75, 3.05) is 0 Å². The summed E-state index contributed by atoms with van der Waals surface area (Å²) in [5.74, 6) is 0. The lowest BCUT2D eigenvalue weighted by atomic mass is 10.2. The van der Waals surface area contributed by atoms with Crippen molar-refractivity contribution in [2.45, 2.75) is 0 Å². The molecule has 0 spiro atoms. The monoisotopic (exact) mass is 175 g/mol. The first-order valence-corrected chi connectivity index (χ1v) is 3.82. The fourth-order valence-corrected chi connectivity index (χ4v) is 1.22. The van der Waals surface area contributed by atoms with Gasteiger partial charge in [-0.15, -0.1) is 0 Å². The second-order valence-electron chi connectivity index (χ2n) is 2.70. The van der Waals surface area contributed by atoms with Crippen LogP contribution in [0.1, 0.15) is 0 Å². The molecule has 4 heteroatoms. The molecule has 0 amide bonds. The summed E-state index contributed by atoms with van der Waals surface area (Å²) >= 11 is 0. The van der Waals surface area contributed by atoms with E-state index in [-0.39, 0.29) is 5.69 Å². The first-order chi connectivity index (χ1) is 6.27. The summed E-state index contributed by atoms with van der Waals surface area (Å²) in [7, 11) is 0. The van der Waals surface area contributed by atoms with Crippen molar-refractivity contribution in [1.82, 2.24) is 0 Å². The van der Waals surface area contributed by atoms with Crippen LogP contribution in [-0.4, -0.2) is 4.92 Å². The SMILES string of the molecule is O=[N+]([O-])c1ccc2[nH+]cccc2c1. The molecule has 1 N–H and O–H groups in total. The third-order valence-corrected chi connectivity index (χ3v) is 1.86. The van der Waals surface area contributed by atoms with Gasteiger partial charge in [-0.2, -0.15) is 0 Å². The maximum atomic E-state index is 10.4. The van der Waals surface area contributed by atoms with Gasteiger partial charge in [0.25, 0.3) is 5.69 Å². The number of fused-ring (bicyclic) bond motifs is 1. The highest BCUT2D eigenvalue weighted by atomic mass is 16.6. The number of aromatic nitrogens is 1.